The van der Waals surface area contributed by atoms with E-state index < -0.39 is 5.97 Å². The summed E-state index contributed by atoms with van der Waals surface area (Å²) in [6.45, 7) is 0.187. The summed E-state index contributed by atoms with van der Waals surface area (Å²) in [6.07, 6.45) is 2.10. The fraction of sp³-hybridized carbons (Fsp3) is 0.385. The lowest BCUT2D eigenvalue weighted by Gasteiger charge is -2.21. The van der Waals surface area contributed by atoms with Gasteiger partial charge < -0.3 is 10.0 Å². The molecule has 1 saturated carbocycles. The highest BCUT2D eigenvalue weighted by atomic mass is 79.9. The number of carboxylic acid groups (broad SMARTS) is 1. The van der Waals surface area contributed by atoms with Crippen molar-refractivity contribution in [1.82, 2.24) is 4.90 Å². The minimum atomic E-state index is -1.01. The Morgan fingerprint density at radius 3 is 2.68 bits per heavy atom. The highest BCUT2D eigenvalue weighted by Gasteiger charge is 2.29. The highest BCUT2D eigenvalue weighted by Crippen LogP contribution is 2.31. The van der Waals surface area contributed by atoms with Gasteiger partial charge in [-0.1, -0.05) is 27.5 Å². The molecule has 0 bridgehead atoms. The van der Waals surface area contributed by atoms with Crippen LogP contribution in [0, 0.1) is 5.92 Å². The van der Waals surface area contributed by atoms with Crippen molar-refractivity contribution in [1.29, 1.82) is 0 Å². The lowest BCUT2D eigenvalue weighted by atomic mass is 10.2. The Balaban J connectivity index is 2.21. The maximum Gasteiger partial charge on any atom is 0.323 e. The van der Waals surface area contributed by atoms with E-state index in [0.29, 0.717) is 23.0 Å². The van der Waals surface area contributed by atoms with Crippen molar-refractivity contribution >= 4 is 39.4 Å². The molecule has 4 nitrogen and oxygen atoms in total. The van der Waals surface area contributed by atoms with E-state index >= 15 is 0 Å². The van der Waals surface area contributed by atoms with Crippen molar-refractivity contribution in [2.45, 2.75) is 12.8 Å². The minimum absolute atomic E-state index is 0.293. The predicted molar refractivity (Wildman–Crippen MR) is 75.4 cm³/mol. The first-order chi connectivity index (χ1) is 8.97. The summed E-state index contributed by atoms with van der Waals surface area (Å²) in [6, 6.07) is 4.98. The van der Waals surface area contributed by atoms with Gasteiger partial charge in [0.25, 0.3) is 5.91 Å². The van der Waals surface area contributed by atoms with E-state index in [4.69, 9.17) is 16.7 Å². The standard InChI is InChI=1S/C13H13BrClNO3/c14-9-3-4-11(15)10(5-9)13(19)16(7-12(17)18)6-8-1-2-8/h3-5,8H,1-2,6-7H2,(H,17,18). The number of hydrogen-bond donors (Lipinski definition) is 1. The van der Waals surface area contributed by atoms with Crippen LogP contribution in [0.3, 0.4) is 0 Å². The Hall–Kier alpha value is -1.07. The van der Waals surface area contributed by atoms with Gasteiger partial charge in [-0.05, 0) is 37.0 Å². The van der Waals surface area contributed by atoms with Crippen molar-refractivity contribution in [2.75, 3.05) is 13.1 Å². The average Bonchev–Trinajstić information content (AvgIpc) is 3.14. The van der Waals surface area contributed by atoms with Crippen LogP contribution in [-0.4, -0.2) is 35.0 Å². The van der Waals surface area contributed by atoms with Crippen LogP contribution in [0.1, 0.15) is 23.2 Å². The molecule has 102 valence electrons. The molecule has 0 aliphatic heterocycles. The van der Waals surface area contributed by atoms with Crippen LogP contribution in [-0.2, 0) is 4.79 Å². The van der Waals surface area contributed by atoms with Crippen molar-refractivity contribution in [3.05, 3.63) is 33.3 Å². The normalized spacial score (nSPS) is 14.2. The molecule has 0 unspecified atom stereocenters. The number of nitrogens with zero attached hydrogens (tertiary/aromatic N) is 1. The van der Waals surface area contributed by atoms with E-state index in [1.807, 2.05) is 0 Å². The van der Waals surface area contributed by atoms with Crippen molar-refractivity contribution in [2.24, 2.45) is 5.92 Å². The number of benzene rings is 1. The Labute approximate surface area is 124 Å². The molecule has 0 radical (unpaired) electrons. The third-order valence-corrected chi connectivity index (χ3v) is 3.77. The quantitative estimate of drug-likeness (QED) is 0.891. The first-order valence-electron chi connectivity index (χ1n) is 5.93. The van der Waals surface area contributed by atoms with Crippen molar-refractivity contribution < 1.29 is 14.7 Å². The third kappa shape index (κ3) is 3.94. The molecule has 0 spiro atoms. The predicted octanol–water partition coefficient (Wildman–Crippen LogP) is 3.04. The number of carbonyl (C=O) groups excluding carboxylic acids is 1. The van der Waals surface area contributed by atoms with Crippen LogP contribution < -0.4 is 0 Å². The zero-order valence-corrected chi connectivity index (χ0v) is 12.4. The number of hydrogen-bond acceptors (Lipinski definition) is 2. The molecule has 0 saturated heterocycles. The van der Waals surface area contributed by atoms with Gasteiger partial charge in [0.2, 0.25) is 0 Å². The molecule has 1 fully saturated rings. The van der Waals surface area contributed by atoms with Crippen LogP contribution in [0.4, 0.5) is 0 Å². The third-order valence-electron chi connectivity index (χ3n) is 2.95. The highest BCUT2D eigenvalue weighted by molar-refractivity contribution is 9.10. The maximum absolute atomic E-state index is 12.4. The Bertz CT molecular complexity index is 517. The summed E-state index contributed by atoms with van der Waals surface area (Å²) < 4.78 is 0.738. The summed E-state index contributed by atoms with van der Waals surface area (Å²) in [4.78, 5) is 24.6. The van der Waals surface area contributed by atoms with Gasteiger partial charge in [0, 0.05) is 11.0 Å². The van der Waals surface area contributed by atoms with Crippen LogP contribution in [0.5, 0.6) is 0 Å². The van der Waals surface area contributed by atoms with Gasteiger partial charge in [-0.3, -0.25) is 9.59 Å². The second-order valence-corrected chi connectivity index (χ2v) is 5.97. The largest absolute Gasteiger partial charge is 0.480 e. The van der Waals surface area contributed by atoms with Gasteiger partial charge in [0.05, 0.1) is 10.6 Å². The maximum atomic E-state index is 12.4. The van der Waals surface area contributed by atoms with Gasteiger partial charge in [-0.15, -0.1) is 0 Å². The zero-order valence-electron chi connectivity index (χ0n) is 10.1. The van der Waals surface area contributed by atoms with Crippen LogP contribution in [0.25, 0.3) is 0 Å². The summed E-state index contributed by atoms with van der Waals surface area (Å²) >= 11 is 9.29. The van der Waals surface area contributed by atoms with E-state index in [-0.39, 0.29) is 12.5 Å². The Morgan fingerprint density at radius 2 is 2.11 bits per heavy atom. The lowest BCUT2D eigenvalue weighted by molar-refractivity contribution is -0.137. The van der Waals surface area contributed by atoms with Gasteiger partial charge >= 0.3 is 5.97 Å². The molecule has 0 aromatic heterocycles. The SMILES string of the molecule is O=C(O)CN(CC1CC1)C(=O)c1cc(Br)ccc1Cl. The van der Waals surface area contributed by atoms with Gasteiger partial charge in [-0.25, -0.2) is 0 Å². The van der Waals surface area contributed by atoms with E-state index in [1.165, 1.54) is 4.90 Å². The molecular weight excluding hydrogens is 334 g/mol. The fourth-order valence-electron chi connectivity index (χ4n) is 1.83. The molecule has 19 heavy (non-hydrogen) atoms. The molecule has 1 aliphatic carbocycles. The van der Waals surface area contributed by atoms with Crippen LogP contribution in [0.15, 0.2) is 22.7 Å². The molecular formula is C13H13BrClNO3. The van der Waals surface area contributed by atoms with E-state index in [9.17, 15) is 9.59 Å². The molecule has 1 aliphatic rings. The summed E-state index contributed by atoms with van der Waals surface area (Å²) in [5, 5.41) is 9.23. The number of carbonyl (C=O) groups is 2. The molecule has 0 atom stereocenters. The van der Waals surface area contributed by atoms with E-state index in [1.54, 1.807) is 18.2 Å². The number of rotatable bonds is 5. The molecule has 1 amide bonds. The van der Waals surface area contributed by atoms with Gasteiger partial charge in [-0.2, -0.15) is 0 Å². The molecule has 0 heterocycles. The first-order valence-corrected chi connectivity index (χ1v) is 7.10. The number of halogens is 2. The minimum Gasteiger partial charge on any atom is -0.480 e. The topological polar surface area (TPSA) is 57.6 Å². The van der Waals surface area contributed by atoms with E-state index in [0.717, 1.165) is 17.3 Å². The summed E-state index contributed by atoms with van der Waals surface area (Å²) in [5.74, 6) is -0.921. The smallest absolute Gasteiger partial charge is 0.323 e. The second kappa shape index (κ2) is 5.92. The zero-order chi connectivity index (χ0) is 14.0. The van der Waals surface area contributed by atoms with Crippen molar-refractivity contribution in [3.63, 3.8) is 0 Å². The summed E-state index contributed by atoms with van der Waals surface area (Å²) in [7, 11) is 0. The lowest BCUT2D eigenvalue weighted by Crippen LogP contribution is -2.37. The molecule has 1 aromatic rings. The second-order valence-electron chi connectivity index (χ2n) is 4.65. The number of aliphatic carboxylic acids is 1. The van der Waals surface area contributed by atoms with Gasteiger partial charge in [0.1, 0.15) is 6.54 Å². The molecule has 1 N–H and O–H groups in total. The van der Waals surface area contributed by atoms with Crippen molar-refractivity contribution in [3.8, 4) is 0 Å². The fourth-order valence-corrected chi connectivity index (χ4v) is 2.39. The van der Waals surface area contributed by atoms with E-state index in [2.05, 4.69) is 15.9 Å². The average molecular weight is 347 g/mol. The molecule has 2 rings (SSSR count). The first kappa shape index (κ1) is 14.3. The molecule has 6 heteroatoms. The monoisotopic (exact) mass is 345 g/mol. The Morgan fingerprint density at radius 1 is 1.42 bits per heavy atom. The Kier molecular flexibility index (Phi) is 4.47. The van der Waals surface area contributed by atoms with Crippen LogP contribution in [0.2, 0.25) is 5.02 Å². The summed E-state index contributed by atoms with van der Waals surface area (Å²) in [5.41, 5.74) is 0.331. The van der Waals surface area contributed by atoms with Crippen LogP contribution >= 0.6 is 27.5 Å². The van der Waals surface area contributed by atoms with Gasteiger partial charge in [0.15, 0.2) is 0 Å². The number of carboxylic acids is 1. The number of amides is 1. The molecule has 1 aromatic carbocycles.